The van der Waals surface area contributed by atoms with Gasteiger partial charge in [0.1, 0.15) is 11.5 Å². The lowest BCUT2D eigenvalue weighted by Gasteiger charge is -2.36. The number of pyridine rings is 1. The van der Waals surface area contributed by atoms with Crippen LogP contribution in [0.5, 0.6) is 11.5 Å². The number of carbonyl (C=O) groups is 1. The molecule has 1 N–H and O–H groups in total. The van der Waals surface area contributed by atoms with Crippen LogP contribution in [0.15, 0.2) is 42.7 Å². The molecule has 0 aliphatic carbocycles. The molecule has 0 saturated carbocycles. The van der Waals surface area contributed by atoms with E-state index in [9.17, 15) is 4.79 Å². The second-order valence-electron chi connectivity index (χ2n) is 6.03. The van der Waals surface area contributed by atoms with Crippen LogP contribution in [-0.4, -0.2) is 56.3 Å². The maximum absolute atomic E-state index is 12.4. The Balaban J connectivity index is 1.55. The monoisotopic (exact) mass is 356 g/mol. The van der Waals surface area contributed by atoms with Crippen molar-refractivity contribution in [2.24, 2.45) is 0 Å². The normalized spacial score (nSPS) is 14.1. The minimum Gasteiger partial charge on any atom is -0.497 e. The predicted molar refractivity (Wildman–Crippen MR) is 99.8 cm³/mol. The third-order valence-electron chi connectivity index (χ3n) is 4.46. The van der Waals surface area contributed by atoms with Gasteiger partial charge in [0.05, 0.1) is 19.9 Å². The minimum absolute atomic E-state index is 0.0461. The van der Waals surface area contributed by atoms with E-state index in [0.717, 1.165) is 35.8 Å². The van der Waals surface area contributed by atoms with Crippen molar-refractivity contribution in [3.05, 3.63) is 48.3 Å². The fourth-order valence-electron chi connectivity index (χ4n) is 2.99. The maximum Gasteiger partial charge on any atom is 0.317 e. The van der Waals surface area contributed by atoms with Crippen molar-refractivity contribution in [3.8, 4) is 11.5 Å². The number of rotatable bonds is 5. The second-order valence-corrected chi connectivity index (χ2v) is 6.03. The average molecular weight is 356 g/mol. The lowest BCUT2D eigenvalue weighted by atomic mass is 10.2. The van der Waals surface area contributed by atoms with Gasteiger partial charge in [0.25, 0.3) is 0 Å². The number of nitrogens with zero attached hydrogens (tertiary/aromatic N) is 3. The molecule has 2 heterocycles. The molecule has 1 saturated heterocycles. The number of carbonyl (C=O) groups excluding carboxylic acids is 1. The highest BCUT2D eigenvalue weighted by Gasteiger charge is 2.23. The van der Waals surface area contributed by atoms with E-state index in [4.69, 9.17) is 9.47 Å². The van der Waals surface area contributed by atoms with Gasteiger partial charge < -0.3 is 24.6 Å². The van der Waals surface area contributed by atoms with E-state index in [0.29, 0.717) is 19.6 Å². The Kier molecular flexibility index (Phi) is 5.78. The number of benzene rings is 1. The van der Waals surface area contributed by atoms with Crippen LogP contribution in [0.3, 0.4) is 0 Å². The number of nitrogens with one attached hydrogen (secondary N) is 1. The molecule has 7 heteroatoms. The lowest BCUT2D eigenvalue weighted by Crippen LogP contribution is -2.51. The summed E-state index contributed by atoms with van der Waals surface area (Å²) in [7, 11) is 3.29. The van der Waals surface area contributed by atoms with E-state index in [1.165, 1.54) is 0 Å². The fraction of sp³-hybridized carbons (Fsp3) is 0.368. The van der Waals surface area contributed by atoms with E-state index in [2.05, 4.69) is 15.2 Å². The maximum atomic E-state index is 12.4. The number of aromatic nitrogens is 1. The zero-order chi connectivity index (χ0) is 18.4. The fourth-order valence-corrected chi connectivity index (χ4v) is 2.99. The first-order valence-corrected chi connectivity index (χ1v) is 8.60. The molecule has 1 aliphatic heterocycles. The Labute approximate surface area is 153 Å². The highest BCUT2D eigenvalue weighted by atomic mass is 16.5. The van der Waals surface area contributed by atoms with Crippen molar-refractivity contribution in [2.45, 2.75) is 6.54 Å². The standard InChI is InChI=1S/C19H24N4O3/c1-25-16-5-6-17(18(12-16)26-2)22-8-10-23(11-9-22)19(24)21-14-15-4-3-7-20-13-15/h3-7,12-13H,8-11,14H2,1-2H3,(H,21,24). The van der Waals surface area contributed by atoms with Gasteiger partial charge in [-0.1, -0.05) is 6.07 Å². The Hall–Kier alpha value is -2.96. The smallest absolute Gasteiger partial charge is 0.317 e. The molecule has 7 nitrogen and oxygen atoms in total. The van der Waals surface area contributed by atoms with E-state index in [-0.39, 0.29) is 6.03 Å². The molecule has 0 spiro atoms. The van der Waals surface area contributed by atoms with Crippen LogP contribution in [0.25, 0.3) is 0 Å². The summed E-state index contributed by atoms with van der Waals surface area (Å²) in [5.41, 5.74) is 2.01. The number of hydrogen-bond acceptors (Lipinski definition) is 5. The molecule has 0 radical (unpaired) electrons. The molecule has 1 aliphatic rings. The summed E-state index contributed by atoms with van der Waals surface area (Å²) < 4.78 is 10.7. The van der Waals surface area contributed by atoms with Gasteiger partial charge in [-0.25, -0.2) is 4.79 Å². The molecule has 1 fully saturated rings. The molecule has 1 aromatic heterocycles. The Morgan fingerprint density at radius 1 is 1.15 bits per heavy atom. The molecule has 138 valence electrons. The van der Waals surface area contributed by atoms with Crippen LogP contribution in [0.4, 0.5) is 10.5 Å². The zero-order valence-electron chi connectivity index (χ0n) is 15.1. The van der Waals surface area contributed by atoms with Crippen molar-refractivity contribution in [1.82, 2.24) is 15.2 Å². The molecule has 0 bridgehead atoms. The van der Waals surface area contributed by atoms with E-state index in [1.54, 1.807) is 26.6 Å². The zero-order valence-corrected chi connectivity index (χ0v) is 15.1. The first-order chi connectivity index (χ1) is 12.7. The molecule has 3 rings (SSSR count). The van der Waals surface area contributed by atoms with E-state index in [1.807, 2.05) is 35.2 Å². The number of ether oxygens (including phenoxy) is 2. The van der Waals surface area contributed by atoms with Crippen LogP contribution < -0.4 is 19.7 Å². The van der Waals surface area contributed by atoms with Crippen molar-refractivity contribution >= 4 is 11.7 Å². The SMILES string of the molecule is COc1ccc(N2CCN(C(=O)NCc3cccnc3)CC2)c(OC)c1. The molecule has 0 unspecified atom stereocenters. The number of piperazine rings is 1. The highest BCUT2D eigenvalue weighted by Crippen LogP contribution is 2.32. The molecule has 2 aromatic rings. The van der Waals surface area contributed by atoms with Gasteiger partial charge in [0.15, 0.2) is 0 Å². The number of anilines is 1. The second kappa shape index (κ2) is 8.42. The molecular weight excluding hydrogens is 332 g/mol. The molecule has 26 heavy (non-hydrogen) atoms. The van der Waals surface area contributed by atoms with Gasteiger partial charge in [-0.05, 0) is 23.8 Å². The van der Waals surface area contributed by atoms with Crippen molar-refractivity contribution in [1.29, 1.82) is 0 Å². The van der Waals surface area contributed by atoms with Crippen LogP contribution in [-0.2, 0) is 6.54 Å². The summed E-state index contributed by atoms with van der Waals surface area (Å²) in [4.78, 5) is 20.5. The average Bonchev–Trinajstić information content (AvgIpc) is 2.72. The predicted octanol–water partition coefficient (Wildman–Crippen LogP) is 2.13. The molecule has 1 aromatic carbocycles. The Morgan fingerprint density at radius 2 is 1.96 bits per heavy atom. The van der Waals surface area contributed by atoms with Crippen LogP contribution >= 0.6 is 0 Å². The summed E-state index contributed by atoms with van der Waals surface area (Å²) in [6.45, 7) is 3.31. The van der Waals surface area contributed by atoms with E-state index >= 15 is 0 Å². The summed E-state index contributed by atoms with van der Waals surface area (Å²) in [5.74, 6) is 1.54. The number of urea groups is 1. The van der Waals surface area contributed by atoms with Gasteiger partial charge in [0, 0.05) is 51.2 Å². The Bertz CT molecular complexity index is 731. The summed E-state index contributed by atoms with van der Waals surface area (Å²) in [6.07, 6.45) is 3.48. The number of methoxy groups -OCH3 is 2. The quantitative estimate of drug-likeness (QED) is 0.889. The van der Waals surface area contributed by atoms with Crippen molar-refractivity contribution in [3.63, 3.8) is 0 Å². The third-order valence-corrected chi connectivity index (χ3v) is 4.46. The topological polar surface area (TPSA) is 66.9 Å². The van der Waals surface area contributed by atoms with Gasteiger partial charge in [-0.15, -0.1) is 0 Å². The first-order valence-electron chi connectivity index (χ1n) is 8.60. The highest BCUT2D eigenvalue weighted by molar-refractivity contribution is 5.74. The van der Waals surface area contributed by atoms with E-state index < -0.39 is 0 Å². The third kappa shape index (κ3) is 4.17. The minimum atomic E-state index is -0.0461. The van der Waals surface area contributed by atoms with Crippen molar-refractivity contribution < 1.29 is 14.3 Å². The summed E-state index contributed by atoms with van der Waals surface area (Å²) in [5, 5.41) is 2.95. The van der Waals surface area contributed by atoms with Gasteiger partial charge in [-0.2, -0.15) is 0 Å². The Morgan fingerprint density at radius 3 is 2.62 bits per heavy atom. The van der Waals surface area contributed by atoms with Crippen molar-refractivity contribution in [2.75, 3.05) is 45.3 Å². The number of hydrogen-bond donors (Lipinski definition) is 1. The first kappa shape index (κ1) is 17.8. The summed E-state index contributed by atoms with van der Waals surface area (Å²) >= 11 is 0. The van der Waals surface area contributed by atoms with Crippen LogP contribution in [0.2, 0.25) is 0 Å². The lowest BCUT2D eigenvalue weighted by molar-refractivity contribution is 0.194. The largest absolute Gasteiger partial charge is 0.497 e. The van der Waals surface area contributed by atoms with Crippen LogP contribution in [0.1, 0.15) is 5.56 Å². The van der Waals surface area contributed by atoms with Gasteiger partial charge >= 0.3 is 6.03 Å². The van der Waals surface area contributed by atoms with Crippen LogP contribution in [0, 0.1) is 0 Å². The van der Waals surface area contributed by atoms with Gasteiger partial charge in [-0.3, -0.25) is 4.98 Å². The molecule has 0 atom stereocenters. The summed E-state index contributed by atoms with van der Waals surface area (Å²) in [6, 6.07) is 9.56. The number of amides is 2. The molecule has 2 amide bonds. The molecular formula is C19H24N4O3. The van der Waals surface area contributed by atoms with Gasteiger partial charge in [0.2, 0.25) is 0 Å².